The summed E-state index contributed by atoms with van der Waals surface area (Å²) in [6.07, 6.45) is 5.40. The molecule has 0 spiro atoms. The molecule has 0 bridgehead atoms. The zero-order chi connectivity index (χ0) is 16.2. The molecule has 2 saturated carbocycles. The fourth-order valence-electron chi connectivity index (χ4n) is 3.31. The summed E-state index contributed by atoms with van der Waals surface area (Å²) in [5.41, 5.74) is 1.01. The van der Waals surface area contributed by atoms with Crippen molar-refractivity contribution in [3.63, 3.8) is 0 Å². The summed E-state index contributed by atoms with van der Waals surface area (Å²) in [4.78, 5) is 14.4. The minimum atomic E-state index is -0.200. The smallest absolute Gasteiger partial charge is 0.234 e. The standard InChI is InChI=1S/C18H26N2O3/c21-16-8-6-15(7-9-16)20(12-18(23)19-14-4-5-14)11-13-2-1-3-17(22)10-13/h1-3,10,14-16,21-22H,4-9,11-12H2,(H,19,23). The van der Waals surface area contributed by atoms with E-state index in [0.29, 0.717) is 25.2 Å². The number of benzene rings is 1. The van der Waals surface area contributed by atoms with Gasteiger partial charge < -0.3 is 15.5 Å². The number of phenols is 1. The van der Waals surface area contributed by atoms with Gasteiger partial charge in [0, 0.05) is 18.6 Å². The highest BCUT2D eigenvalue weighted by Gasteiger charge is 2.28. The molecule has 2 aliphatic rings. The first-order valence-corrected chi connectivity index (χ1v) is 8.59. The van der Waals surface area contributed by atoms with E-state index in [2.05, 4.69) is 10.2 Å². The number of carbonyl (C=O) groups is 1. The number of amides is 1. The van der Waals surface area contributed by atoms with Crippen LogP contribution in [0.25, 0.3) is 0 Å². The molecule has 0 saturated heterocycles. The van der Waals surface area contributed by atoms with E-state index in [-0.39, 0.29) is 17.8 Å². The first kappa shape index (κ1) is 16.3. The Kier molecular flexibility index (Phi) is 5.18. The van der Waals surface area contributed by atoms with Crippen molar-refractivity contribution in [1.29, 1.82) is 0 Å². The summed E-state index contributed by atoms with van der Waals surface area (Å²) in [6, 6.07) is 7.90. The van der Waals surface area contributed by atoms with Gasteiger partial charge in [0.05, 0.1) is 12.6 Å². The molecule has 2 fully saturated rings. The van der Waals surface area contributed by atoms with Gasteiger partial charge in [-0.2, -0.15) is 0 Å². The Hall–Kier alpha value is -1.59. The molecule has 0 heterocycles. The number of hydrogen-bond donors (Lipinski definition) is 3. The summed E-state index contributed by atoms with van der Waals surface area (Å²) in [6.45, 7) is 1.03. The van der Waals surface area contributed by atoms with Crippen LogP contribution in [0.3, 0.4) is 0 Å². The highest BCUT2D eigenvalue weighted by molar-refractivity contribution is 5.78. The van der Waals surface area contributed by atoms with E-state index in [9.17, 15) is 15.0 Å². The van der Waals surface area contributed by atoms with E-state index in [1.807, 2.05) is 12.1 Å². The van der Waals surface area contributed by atoms with E-state index in [0.717, 1.165) is 44.1 Å². The van der Waals surface area contributed by atoms with Gasteiger partial charge in [-0.15, -0.1) is 0 Å². The van der Waals surface area contributed by atoms with Crippen molar-refractivity contribution in [2.75, 3.05) is 6.54 Å². The Morgan fingerprint density at radius 2 is 1.91 bits per heavy atom. The van der Waals surface area contributed by atoms with Crippen molar-refractivity contribution in [1.82, 2.24) is 10.2 Å². The van der Waals surface area contributed by atoms with E-state index >= 15 is 0 Å². The molecule has 5 heteroatoms. The Bertz CT molecular complexity index is 537. The molecule has 1 amide bonds. The molecule has 23 heavy (non-hydrogen) atoms. The monoisotopic (exact) mass is 318 g/mol. The Morgan fingerprint density at radius 3 is 2.57 bits per heavy atom. The normalized spacial score (nSPS) is 24.6. The van der Waals surface area contributed by atoms with E-state index in [1.54, 1.807) is 12.1 Å². The first-order valence-electron chi connectivity index (χ1n) is 8.59. The number of rotatable bonds is 6. The van der Waals surface area contributed by atoms with Crippen LogP contribution in [0.4, 0.5) is 0 Å². The lowest BCUT2D eigenvalue weighted by atomic mass is 9.91. The second kappa shape index (κ2) is 7.32. The first-order chi connectivity index (χ1) is 11.1. The highest BCUT2D eigenvalue weighted by Crippen LogP contribution is 2.25. The maximum Gasteiger partial charge on any atom is 0.234 e. The number of phenolic OH excluding ortho intramolecular Hbond substituents is 1. The van der Waals surface area contributed by atoms with Crippen LogP contribution < -0.4 is 5.32 Å². The molecule has 0 unspecified atom stereocenters. The minimum Gasteiger partial charge on any atom is -0.508 e. The van der Waals surface area contributed by atoms with Crippen LogP contribution >= 0.6 is 0 Å². The van der Waals surface area contributed by atoms with Crippen LogP contribution in [0, 0.1) is 0 Å². The second-order valence-corrected chi connectivity index (χ2v) is 6.88. The lowest BCUT2D eigenvalue weighted by Crippen LogP contribution is -2.45. The quantitative estimate of drug-likeness (QED) is 0.747. The molecular formula is C18H26N2O3. The van der Waals surface area contributed by atoms with Gasteiger partial charge in [0.2, 0.25) is 5.91 Å². The van der Waals surface area contributed by atoms with E-state index in [4.69, 9.17) is 0 Å². The fraction of sp³-hybridized carbons (Fsp3) is 0.611. The number of hydrogen-bond acceptors (Lipinski definition) is 4. The summed E-state index contributed by atoms with van der Waals surface area (Å²) in [5.74, 6) is 0.336. The van der Waals surface area contributed by atoms with Gasteiger partial charge in [0.25, 0.3) is 0 Å². The Labute approximate surface area is 137 Å². The van der Waals surface area contributed by atoms with Crippen LogP contribution in [0.2, 0.25) is 0 Å². The largest absolute Gasteiger partial charge is 0.508 e. The summed E-state index contributed by atoms with van der Waals surface area (Å²) in [7, 11) is 0. The molecule has 1 aromatic rings. The highest BCUT2D eigenvalue weighted by atomic mass is 16.3. The fourth-order valence-corrected chi connectivity index (χ4v) is 3.31. The van der Waals surface area contributed by atoms with Crippen LogP contribution in [0.5, 0.6) is 5.75 Å². The predicted octanol–water partition coefficient (Wildman–Crippen LogP) is 1.78. The number of carbonyl (C=O) groups excluding carboxylic acids is 1. The molecule has 3 N–H and O–H groups in total. The zero-order valence-corrected chi connectivity index (χ0v) is 13.4. The molecule has 0 radical (unpaired) electrons. The van der Waals surface area contributed by atoms with Crippen molar-refractivity contribution in [2.24, 2.45) is 0 Å². The second-order valence-electron chi connectivity index (χ2n) is 6.88. The van der Waals surface area contributed by atoms with Crippen molar-refractivity contribution >= 4 is 5.91 Å². The average Bonchev–Trinajstić information content (AvgIpc) is 3.31. The average molecular weight is 318 g/mol. The lowest BCUT2D eigenvalue weighted by molar-refractivity contribution is -0.123. The van der Waals surface area contributed by atoms with Gasteiger partial charge >= 0.3 is 0 Å². The summed E-state index contributed by atoms with van der Waals surface area (Å²) < 4.78 is 0. The van der Waals surface area contributed by atoms with Gasteiger partial charge in [-0.3, -0.25) is 9.69 Å². The van der Waals surface area contributed by atoms with Crippen LogP contribution in [0.15, 0.2) is 24.3 Å². The lowest BCUT2D eigenvalue weighted by Gasteiger charge is -2.35. The van der Waals surface area contributed by atoms with Gasteiger partial charge in [-0.1, -0.05) is 12.1 Å². The molecule has 5 nitrogen and oxygen atoms in total. The molecule has 3 rings (SSSR count). The van der Waals surface area contributed by atoms with Gasteiger partial charge in [-0.25, -0.2) is 0 Å². The zero-order valence-electron chi connectivity index (χ0n) is 13.4. The maximum absolute atomic E-state index is 12.2. The van der Waals surface area contributed by atoms with Crippen molar-refractivity contribution < 1.29 is 15.0 Å². The third-order valence-electron chi connectivity index (χ3n) is 4.77. The SMILES string of the molecule is O=C(CN(Cc1cccc(O)c1)C1CCC(O)CC1)NC1CC1. The van der Waals surface area contributed by atoms with Crippen molar-refractivity contribution in [2.45, 2.75) is 63.3 Å². The van der Waals surface area contributed by atoms with Crippen molar-refractivity contribution in [3.8, 4) is 5.75 Å². The van der Waals surface area contributed by atoms with Crippen LogP contribution in [0.1, 0.15) is 44.1 Å². The molecule has 2 aliphatic carbocycles. The number of aromatic hydroxyl groups is 1. The molecule has 0 aromatic heterocycles. The summed E-state index contributed by atoms with van der Waals surface area (Å²) >= 11 is 0. The van der Waals surface area contributed by atoms with Gasteiger partial charge in [0.15, 0.2) is 0 Å². The van der Waals surface area contributed by atoms with E-state index in [1.165, 1.54) is 0 Å². The van der Waals surface area contributed by atoms with Crippen LogP contribution in [-0.4, -0.2) is 45.8 Å². The third-order valence-corrected chi connectivity index (χ3v) is 4.77. The maximum atomic E-state index is 12.2. The molecule has 0 atom stereocenters. The van der Waals surface area contributed by atoms with Gasteiger partial charge in [-0.05, 0) is 56.2 Å². The number of nitrogens with one attached hydrogen (secondary N) is 1. The number of aliphatic hydroxyl groups is 1. The Morgan fingerprint density at radius 1 is 1.17 bits per heavy atom. The predicted molar refractivity (Wildman–Crippen MR) is 87.9 cm³/mol. The minimum absolute atomic E-state index is 0.0822. The summed E-state index contributed by atoms with van der Waals surface area (Å²) in [5, 5.41) is 22.4. The van der Waals surface area contributed by atoms with Gasteiger partial charge in [0.1, 0.15) is 5.75 Å². The van der Waals surface area contributed by atoms with Crippen LogP contribution in [-0.2, 0) is 11.3 Å². The molecular weight excluding hydrogens is 292 g/mol. The molecule has 0 aliphatic heterocycles. The van der Waals surface area contributed by atoms with E-state index < -0.39 is 0 Å². The number of aliphatic hydroxyl groups excluding tert-OH is 1. The molecule has 126 valence electrons. The topological polar surface area (TPSA) is 72.8 Å². The molecule has 1 aromatic carbocycles. The Balaban J connectivity index is 1.65. The number of nitrogens with zero attached hydrogens (tertiary/aromatic N) is 1. The van der Waals surface area contributed by atoms with Crippen molar-refractivity contribution in [3.05, 3.63) is 29.8 Å². The third kappa shape index (κ3) is 4.94.